The van der Waals surface area contributed by atoms with Gasteiger partial charge in [-0.15, -0.1) is 11.8 Å². The van der Waals surface area contributed by atoms with Gasteiger partial charge >= 0.3 is 0 Å². The minimum Gasteiger partial charge on any atom is -0.504 e. The van der Waals surface area contributed by atoms with Gasteiger partial charge in [-0.25, -0.2) is 0 Å². The van der Waals surface area contributed by atoms with Crippen LogP contribution in [0.3, 0.4) is 0 Å². The molecular weight excluding hydrogens is 224 g/mol. The van der Waals surface area contributed by atoms with Crippen molar-refractivity contribution in [1.82, 2.24) is 0 Å². The number of hydrogen-bond acceptors (Lipinski definition) is 4. The number of allylic oxidation sites excluding steroid dienone is 1. The number of phenols is 1. The van der Waals surface area contributed by atoms with Gasteiger partial charge in [-0.3, -0.25) is 4.79 Å². The fourth-order valence-electron chi connectivity index (χ4n) is 1.69. The third kappa shape index (κ3) is 1.80. The Balaban J connectivity index is 2.53. The minimum absolute atomic E-state index is 0.0802. The maximum Gasteiger partial charge on any atom is 0.169 e. The molecule has 0 saturated heterocycles. The Kier molecular flexibility index (Phi) is 3.19. The van der Waals surface area contributed by atoms with Crippen molar-refractivity contribution in [2.24, 2.45) is 0 Å². The first-order chi connectivity index (χ1) is 7.77. The lowest BCUT2D eigenvalue weighted by Crippen LogP contribution is -1.93. The molecule has 1 aliphatic rings. The second kappa shape index (κ2) is 4.61. The first-order valence-electron chi connectivity index (χ1n) is 4.96. The third-order valence-electron chi connectivity index (χ3n) is 2.49. The van der Waals surface area contributed by atoms with Crippen LogP contribution in [0.5, 0.6) is 11.5 Å². The smallest absolute Gasteiger partial charge is 0.169 e. The summed E-state index contributed by atoms with van der Waals surface area (Å²) >= 11 is 1.70. The van der Waals surface area contributed by atoms with Crippen molar-refractivity contribution in [3.8, 4) is 11.5 Å². The van der Waals surface area contributed by atoms with Crippen molar-refractivity contribution in [2.75, 3.05) is 12.9 Å². The van der Waals surface area contributed by atoms with Crippen molar-refractivity contribution in [1.29, 1.82) is 0 Å². The molecule has 1 aromatic rings. The van der Waals surface area contributed by atoms with Gasteiger partial charge in [0.2, 0.25) is 0 Å². The molecule has 4 heteroatoms. The summed E-state index contributed by atoms with van der Waals surface area (Å²) in [7, 11) is 1.47. The molecule has 1 N–H and O–H groups in total. The Morgan fingerprint density at radius 3 is 2.88 bits per heavy atom. The number of rotatable bonds is 3. The number of aromatic hydroxyl groups is 1. The molecule has 3 nitrogen and oxygen atoms in total. The highest BCUT2D eigenvalue weighted by Gasteiger charge is 2.17. The number of carbonyl (C=O) groups excluding carboxylic acids is 1. The lowest BCUT2D eigenvalue weighted by atomic mass is 10.1. The van der Waals surface area contributed by atoms with Gasteiger partial charge in [0, 0.05) is 16.2 Å². The van der Waals surface area contributed by atoms with Crippen LogP contribution in [-0.2, 0) is 0 Å². The van der Waals surface area contributed by atoms with Crippen molar-refractivity contribution in [3.63, 3.8) is 0 Å². The maximum atomic E-state index is 11.0. The van der Waals surface area contributed by atoms with Crippen LogP contribution in [0, 0.1) is 0 Å². The van der Waals surface area contributed by atoms with Gasteiger partial charge in [-0.05, 0) is 18.6 Å². The summed E-state index contributed by atoms with van der Waals surface area (Å²) in [4.78, 5) is 12.1. The van der Waals surface area contributed by atoms with Crippen LogP contribution in [0.25, 0.3) is 4.91 Å². The molecule has 0 radical (unpaired) electrons. The Bertz CT molecular complexity index is 452. The second-order valence-electron chi connectivity index (χ2n) is 3.40. The average molecular weight is 236 g/mol. The minimum atomic E-state index is -0.0802. The van der Waals surface area contributed by atoms with E-state index in [2.05, 4.69) is 6.08 Å². The summed E-state index contributed by atoms with van der Waals surface area (Å²) in [6, 6.07) is 3.49. The number of hydrogen-bond donors (Lipinski definition) is 1. The second-order valence-corrected chi connectivity index (χ2v) is 4.54. The average Bonchev–Trinajstić information content (AvgIpc) is 2.82. The molecule has 0 unspecified atom stereocenters. The fourth-order valence-corrected chi connectivity index (χ4v) is 2.72. The van der Waals surface area contributed by atoms with Gasteiger partial charge < -0.3 is 9.84 Å². The molecule has 0 aromatic heterocycles. The maximum absolute atomic E-state index is 11.0. The largest absolute Gasteiger partial charge is 0.504 e. The van der Waals surface area contributed by atoms with E-state index in [1.807, 2.05) is 6.07 Å². The molecule has 1 aromatic carbocycles. The first kappa shape index (κ1) is 11.1. The molecule has 0 atom stereocenters. The Morgan fingerprint density at radius 2 is 2.31 bits per heavy atom. The van der Waals surface area contributed by atoms with E-state index in [9.17, 15) is 9.90 Å². The number of carbonyl (C=O) groups is 1. The summed E-state index contributed by atoms with van der Waals surface area (Å²) in [5.74, 6) is 1.28. The lowest BCUT2D eigenvalue weighted by Gasteiger charge is -2.10. The van der Waals surface area contributed by atoms with Crippen LogP contribution in [0.1, 0.15) is 22.3 Å². The number of methoxy groups -OCH3 is 1. The Hall–Kier alpha value is -1.42. The molecule has 1 heterocycles. The number of thioether (sulfide) groups is 1. The fraction of sp³-hybridized carbons (Fsp3) is 0.250. The molecule has 2 rings (SSSR count). The van der Waals surface area contributed by atoms with Crippen LogP contribution >= 0.6 is 11.8 Å². The molecule has 16 heavy (non-hydrogen) atoms. The number of aldehydes is 1. The summed E-state index contributed by atoms with van der Waals surface area (Å²) in [5.41, 5.74) is 1.09. The summed E-state index contributed by atoms with van der Waals surface area (Å²) in [6.07, 6.45) is 3.76. The normalized spacial score (nSPS) is 14.7. The van der Waals surface area contributed by atoms with Crippen molar-refractivity contribution in [3.05, 3.63) is 29.3 Å². The van der Waals surface area contributed by atoms with Crippen LogP contribution in [0.15, 0.2) is 18.2 Å². The van der Waals surface area contributed by atoms with E-state index in [1.165, 1.54) is 7.11 Å². The molecule has 0 amide bonds. The standard InChI is InChI=1S/C12H12O3S/c1-15-10-5-4-8(9(7-13)12(10)14)11-3-2-6-16-11/h3-5,7,14H,2,6H2,1H3. The van der Waals surface area contributed by atoms with Crippen LogP contribution in [0.4, 0.5) is 0 Å². The van der Waals surface area contributed by atoms with Gasteiger partial charge in [-0.1, -0.05) is 6.08 Å². The highest BCUT2D eigenvalue weighted by molar-refractivity contribution is 8.08. The van der Waals surface area contributed by atoms with E-state index >= 15 is 0 Å². The van der Waals surface area contributed by atoms with E-state index in [4.69, 9.17) is 4.74 Å². The predicted octanol–water partition coefficient (Wildman–Crippen LogP) is 2.69. The van der Waals surface area contributed by atoms with Crippen LogP contribution in [-0.4, -0.2) is 24.3 Å². The highest BCUT2D eigenvalue weighted by Crippen LogP contribution is 2.40. The molecule has 0 saturated carbocycles. The molecule has 0 spiro atoms. The number of phenolic OH excluding ortho intramolecular Hbond substituents is 1. The molecule has 1 aliphatic heterocycles. The summed E-state index contributed by atoms with van der Waals surface area (Å²) in [6.45, 7) is 0. The van der Waals surface area contributed by atoms with Crippen molar-refractivity contribution in [2.45, 2.75) is 6.42 Å². The zero-order chi connectivity index (χ0) is 11.5. The zero-order valence-electron chi connectivity index (χ0n) is 8.90. The Labute approximate surface area is 98.1 Å². The monoisotopic (exact) mass is 236 g/mol. The van der Waals surface area contributed by atoms with E-state index in [0.29, 0.717) is 17.6 Å². The number of ether oxygens (including phenoxy) is 1. The van der Waals surface area contributed by atoms with Gasteiger partial charge in [0.1, 0.15) is 0 Å². The summed E-state index contributed by atoms with van der Waals surface area (Å²) < 4.78 is 4.97. The number of benzene rings is 1. The van der Waals surface area contributed by atoms with Gasteiger partial charge in [0.15, 0.2) is 17.8 Å². The molecular formula is C12H12O3S. The van der Waals surface area contributed by atoms with Gasteiger partial charge in [0.05, 0.1) is 12.7 Å². The molecule has 0 aliphatic carbocycles. The quantitative estimate of drug-likeness (QED) is 0.820. The van der Waals surface area contributed by atoms with Gasteiger partial charge in [-0.2, -0.15) is 0 Å². The third-order valence-corrected chi connectivity index (χ3v) is 3.63. The van der Waals surface area contributed by atoms with Crippen LogP contribution < -0.4 is 4.74 Å². The topological polar surface area (TPSA) is 46.5 Å². The first-order valence-corrected chi connectivity index (χ1v) is 5.95. The van der Waals surface area contributed by atoms with Crippen LogP contribution in [0.2, 0.25) is 0 Å². The lowest BCUT2D eigenvalue weighted by molar-refractivity contribution is 0.112. The molecule has 0 bridgehead atoms. The van der Waals surface area contributed by atoms with E-state index in [0.717, 1.165) is 22.6 Å². The zero-order valence-corrected chi connectivity index (χ0v) is 9.71. The highest BCUT2D eigenvalue weighted by atomic mass is 32.2. The van der Waals surface area contributed by atoms with Crippen molar-refractivity contribution >= 4 is 23.0 Å². The van der Waals surface area contributed by atoms with E-state index in [-0.39, 0.29) is 5.75 Å². The molecule has 0 fully saturated rings. The van der Waals surface area contributed by atoms with Gasteiger partial charge in [0.25, 0.3) is 0 Å². The summed E-state index contributed by atoms with van der Waals surface area (Å²) in [5, 5.41) is 9.84. The van der Waals surface area contributed by atoms with Crippen molar-refractivity contribution < 1.29 is 14.6 Å². The predicted molar refractivity (Wildman–Crippen MR) is 65.1 cm³/mol. The van der Waals surface area contributed by atoms with E-state index < -0.39 is 0 Å². The molecule has 84 valence electrons. The van der Waals surface area contributed by atoms with E-state index in [1.54, 1.807) is 17.8 Å². The SMILES string of the molecule is COc1ccc(C2=CCCS2)c(C=O)c1O. The Morgan fingerprint density at radius 1 is 1.50 bits per heavy atom.